The van der Waals surface area contributed by atoms with Crippen molar-refractivity contribution in [2.75, 3.05) is 20.1 Å². The Hall–Kier alpha value is -1.59. The number of nitrogens with one attached hydrogen (secondary N) is 1. The van der Waals surface area contributed by atoms with Gasteiger partial charge in [0, 0.05) is 33.1 Å². The second-order valence-electron chi connectivity index (χ2n) is 7.27. The molecule has 3 rings (SSSR count). The van der Waals surface area contributed by atoms with Crippen molar-refractivity contribution in [3.63, 3.8) is 0 Å². The van der Waals surface area contributed by atoms with Crippen molar-refractivity contribution in [2.24, 2.45) is 10.4 Å². The van der Waals surface area contributed by atoms with Gasteiger partial charge < -0.3 is 14.8 Å². The third-order valence-corrected chi connectivity index (χ3v) is 5.24. The van der Waals surface area contributed by atoms with E-state index < -0.39 is 0 Å². The number of fused-ring (bicyclic) bond motifs is 1. The molecule has 0 saturated carbocycles. The molecule has 6 nitrogen and oxygen atoms in total. The van der Waals surface area contributed by atoms with Gasteiger partial charge in [0.05, 0.1) is 6.54 Å². The van der Waals surface area contributed by atoms with Crippen molar-refractivity contribution < 1.29 is 0 Å². The fraction of sp³-hybridized carbons (Fsp3) is 0.824. The Labute approximate surface area is 139 Å². The van der Waals surface area contributed by atoms with E-state index in [9.17, 15) is 0 Å². The summed E-state index contributed by atoms with van der Waals surface area (Å²) < 4.78 is 2.25. The highest BCUT2D eigenvalue weighted by molar-refractivity contribution is 5.79. The number of piperidine rings is 1. The monoisotopic (exact) mass is 318 g/mol. The zero-order valence-electron chi connectivity index (χ0n) is 14.8. The first-order chi connectivity index (χ1) is 11.1. The van der Waals surface area contributed by atoms with Gasteiger partial charge in [0.2, 0.25) is 0 Å². The Bertz CT molecular complexity index is 559. The summed E-state index contributed by atoms with van der Waals surface area (Å²) in [6.07, 6.45) is 7.36. The lowest BCUT2D eigenvalue weighted by Crippen LogP contribution is -2.49. The van der Waals surface area contributed by atoms with Crippen LogP contribution in [0.3, 0.4) is 0 Å². The van der Waals surface area contributed by atoms with E-state index in [1.165, 1.54) is 32.1 Å². The van der Waals surface area contributed by atoms with E-state index in [4.69, 9.17) is 0 Å². The van der Waals surface area contributed by atoms with Gasteiger partial charge in [-0.2, -0.15) is 0 Å². The van der Waals surface area contributed by atoms with Gasteiger partial charge in [-0.1, -0.05) is 20.3 Å². The minimum absolute atomic E-state index is 0.417. The molecule has 0 spiro atoms. The molecule has 23 heavy (non-hydrogen) atoms. The second kappa shape index (κ2) is 6.89. The van der Waals surface area contributed by atoms with Crippen LogP contribution in [0, 0.1) is 5.41 Å². The quantitative estimate of drug-likeness (QED) is 0.683. The van der Waals surface area contributed by atoms with Gasteiger partial charge in [0.15, 0.2) is 11.8 Å². The number of hydrogen-bond donors (Lipinski definition) is 1. The second-order valence-corrected chi connectivity index (χ2v) is 7.27. The zero-order chi connectivity index (χ0) is 16.3. The van der Waals surface area contributed by atoms with Crippen LogP contribution in [0.2, 0.25) is 0 Å². The molecule has 1 aromatic rings. The predicted octanol–water partition coefficient (Wildman–Crippen LogP) is 2.20. The summed E-state index contributed by atoms with van der Waals surface area (Å²) in [5.74, 6) is 3.17. The SMILES string of the molecule is CCCC1(C)CCCN(C(=NC)NCc2nnc3n2CCC3)C1. The molecule has 0 amide bonds. The van der Waals surface area contributed by atoms with Crippen LogP contribution in [0.1, 0.15) is 57.6 Å². The topological polar surface area (TPSA) is 58.3 Å². The van der Waals surface area contributed by atoms with Gasteiger partial charge in [0.25, 0.3) is 0 Å². The van der Waals surface area contributed by atoms with Gasteiger partial charge >= 0.3 is 0 Å². The first kappa shape index (κ1) is 16.3. The van der Waals surface area contributed by atoms with Crippen LogP contribution in [-0.2, 0) is 19.5 Å². The van der Waals surface area contributed by atoms with E-state index in [1.54, 1.807) is 0 Å². The molecule has 2 aliphatic heterocycles. The summed E-state index contributed by atoms with van der Waals surface area (Å²) in [6.45, 7) is 8.65. The molecule has 0 radical (unpaired) electrons. The normalized spacial score (nSPS) is 24.8. The largest absolute Gasteiger partial charge is 0.349 e. The highest BCUT2D eigenvalue weighted by Gasteiger charge is 2.31. The molecule has 2 aliphatic rings. The number of hydrogen-bond acceptors (Lipinski definition) is 3. The fourth-order valence-electron chi connectivity index (χ4n) is 4.14. The van der Waals surface area contributed by atoms with Crippen LogP contribution in [0.25, 0.3) is 0 Å². The molecule has 1 fully saturated rings. The average Bonchev–Trinajstić information content (AvgIpc) is 3.12. The van der Waals surface area contributed by atoms with E-state index >= 15 is 0 Å². The average molecular weight is 318 g/mol. The van der Waals surface area contributed by atoms with Crippen LogP contribution in [0.4, 0.5) is 0 Å². The summed E-state index contributed by atoms with van der Waals surface area (Å²) in [6, 6.07) is 0. The molecule has 1 saturated heterocycles. The molecule has 1 unspecified atom stereocenters. The molecule has 1 aromatic heterocycles. The molecule has 3 heterocycles. The summed E-state index contributed by atoms with van der Waals surface area (Å²) in [5, 5.41) is 12.1. The molecule has 0 bridgehead atoms. The molecule has 0 aromatic carbocycles. The Kier molecular flexibility index (Phi) is 4.87. The van der Waals surface area contributed by atoms with Crippen molar-refractivity contribution in [2.45, 2.75) is 65.5 Å². The van der Waals surface area contributed by atoms with Crippen molar-refractivity contribution in [3.05, 3.63) is 11.6 Å². The Morgan fingerprint density at radius 1 is 1.30 bits per heavy atom. The summed E-state index contributed by atoms with van der Waals surface area (Å²) in [4.78, 5) is 6.92. The number of guanidine groups is 1. The van der Waals surface area contributed by atoms with Gasteiger partial charge in [-0.05, 0) is 31.1 Å². The number of nitrogens with zero attached hydrogens (tertiary/aromatic N) is 5. The smallest absolute Gasteiger partial charge is 0.194 e. The standard InChI is InChI=1S/C17H30N6/c1-4-8-17(2)9-6-10-22(13-17)16(18-3)19-12-15-21-20-14-7-5-11-23(14)15/h4-13H2,1-3H3,(H,18,19). The Morgan fingerprint density at radius 3 is 2.96 bits per heavy atom. The molecular formula is C17H30N6. The summed E-state index contributed by atoms with van der Waals surface area (Å²) in [7, 11) is 1.88. The molecule has 0 aliphatic carbocycles. The van der Waals surface area contributed by atoms with Gasteiger partial charge in [-0.3, -0.25) is 4.99 Å². The van der Waals surface area contributed by atoms with Crippen LogP contribution < -0.4 is 5.32 Å². The van der Waals surface area contributed by atoms with Gasteiger partial charge in [0.1, 0.15) is 5.82 Å². The lowest BCUT2D eigenvalue weighted by molar-refractivity contribution is 0.142. The van der Waals surface area contributed by atoms with Crippen molar-refractivity contribution in [1.82, 2.24) is 25.0 Å². The maximum Gasteiger partial charge on any atom is 0.194 e. The minimum Gasteiger partial charge on any atom is -0.349 e. The summed E-state index contributed by atoms with van der Waals surface area (Å²) in [5.41, 5.74) is 0.417. The van der Waals surface area contributed by atoms with E-state index in [0.29, 0.717) is 12.0 Å². The molecule has 6 heteroatoms. The van der Waals surface area contributed by atoms with Crippen LogP contribution in [0.15, 0.2) is 4.99 Å². The Morgan fingerprint density at radius 2 is 2.17 bits per heavy atom. The highest BCUT2D eigenvalue weighted by atomic mass is 15.3. The predicted molar refractivity (Wildman–Crippen MR) is 92.4 cm³/mol. The Balaban J connectivity index is 1.61. The van der Waals surface area contributed by atoms with E-state index in [0.717, 1.165) is 43.7 Å². The minimum atomic E-state index is 0.417. The van der Waals surface area contributed by atoms with Gasteiger partial charge in [-0.15, -0.1) is 10.2 Å². The number of aliphatic imine (C=N–C) groups is 1. The maximum absolute atomic E-state index is 4.50. The van der Waals surface area contributed by atoms with Crippen LogP contribution in [-0.4, -0.2) is 45.8 Å². The first-order valence-corrected chi connectivity index (χ1v) is 9.02. The number of likely N-dealkylation sites (tertiary alicyclic amines) is 1. The van der Waals surface area contributed by atoms with Crippen molar-refractivity contribution in [1.29, 1.82) is 0 Å². The van der Waals surface area contributed by atoms with E-state index in [2.05, 4.69) is 43.8 Å². The highest BCUT2D eigenvalue weighted by Crippen LogP contribution is 2.33. The molecule has 1 N–H and O–H groups in total. The van der Waals surface area contributed by atoms with Crippen LogP contribution in [0.5, 0.6) is 0 Å². The molecule has 1 atom stereocenters. The molecular weight excluding hydrogens is 288 g/mol. The van der Waals surface area contributed by atoms with Gasteiger partial charge in [-0.25, -0.2) is 0 Å². The number of rotatable bonds is 4. The number of aromatic nitrogens is 3. The van der Waals surface area contributed by atoms with E-state index in [-0.39, 0.29) is 0 Å². The van der Waals surface area contributed by atoms with Crippen LogP contribution >= 0.6 is 0 Å². The maximum atomic E-state index is 4.50. The molecule has 128 valence electrons. The summed E-state index contributed by atoms with van der Waals surface area (Å²) >= 11 is 0. The van der Waals surface area contributed by atoms with E-state index in [1.807, 2.05) is 7.05 Å². The lowest BCUT2D eigenvalue weighted by atomic mass is 9.78. The number of aryl methyl sites for hydroxylation is 1. The fourth-order valence-corrected chi connectivity index (χ4v) is 4.14. The first-order valence-electron chi connectivity index (χ1n) is 9.02. The zero-order valence-corrected chi connectivity index (χ0v) is 14.8. The third kappa shape index (κ3) is 3.51. The van der Waals surface area contributed by atoms with Crippen molar-refractivity contribution >= 4 is 5.96 Å². The van der Waals surface area contributed by atoms with Crippen molar-refractivity contribution in [3.8, 4) is 0 Å². The third-order valence-electron chi connectivity index (χ3n) is 5.24. The lowest BCUT2D eigenvalue weighted by Gasteiger charge is -2.42.